The summed E-state index contributed by atoms with van der Waals surface area (Å²) in [5, 5.41) is 16.2. The first-order valence-corrected chi connectivity index (χ1v) is 9.74. The van der Waals surface area contributed by atoms with E-state index in [-0.39, 0.29) is 0 Å². The number of H-pyrrole nitrogens is 1. The second-order valence-corrected chi connectivity index (χ2v) is 7.06. The number of nitrogens with zero attached hydrogens (tertiary/aromatic N) is 5. The summed E-state index contributed by atoms with van der Waals surface area (Å²) in [5.74, 6) is 1.36. The number of ether oxygens (including phenoxy) is 2. The molecule has 5 rings (SSSR count). The topological polar surface area (TPSA) is 93.1 Å². The van der Waals surface area contributed by atoms with Gasteiger partial charge in [0.25, 0.3) is 0 Å². The lowest BCUT2D eigenvalue weighted by Gasteiger charge is -2.26. The van der Waals surface area contributed by atoms with Crippen molar-refractivity contribution in [3.05, 3.63) is 36.5 Å². The number of hydrogen-bond acceptors (Lipinski definition) is 7. The lowest BCUT2D eigenvalue weighted by atomic mass is 10.2. The molecule has 0 spiro atoms. The number of aryl methyl sites for hydroxylation is 1. The standard InChI is InChI=1S/C20H23N7O2/c1-26-17-13-14(22-19-18-16(23-24-19)3-2-6-21-18)4-5-15(17)20(25-26)29-12-9-27-7-10-28-11-8-27/h2-6,13H,7-12H2,1H3,(H2,22,23,24). The fourth-order valence-corrected chi connectivity index (χ4v) is 3.58. The van der Waals surface area contributed by atoms with Gasteiger partial charge in [-0.3, -0.25) is 19.7 Å². The van der Waals surface area contributed by atoms with Crippen molar-refractivity contribution < 1.29 is 9.47 Å². The molecular weight excluding hydrogens is 370 g/mol. The molecule has 4 aromatic rings. The highest BCUT2D eigenvalue weighted by Gasteiger charge is 2.14. The van der Waals surface area contributed by atoms with Crippen LogP contribution < -0.4 is 10.1 Å². The lowest BCUT2D eigenvalue weighted by molar-refractivity contribution is 0.0320. The molecule has 0 atom stereocenters. The minimum atomic E-state index is 0.608. The van der Waals surface area contributed by atoms with Crippen molar-refractivity contribution in [2.75, 3.05) is 44.8 Å². The molecule has 0 saturated carbocycles. The van der Waals surface area contributed by atoms with Gasteiger partial charge in [0.15, 0.2) is 5.82 Å². The van der Waals surface area contributed by atoms with Crippen molar-refractivity contribution in [1.82, 2.24) is 29.9 Å². The monoisotopic (exact) mass is 393 g/mol. The number of nitrogens with one attached hydrogen (secondary N) is 2. The van der Waals surface area contributed by atoms with Crippen LogP contribution in [0, 0.1) is 0 Å². The van der Waals surface area contributed by atoms with Crippen LogP contribution >= 0.6 is 0 Å². The van der Waals surface area contributed by atoms with Crippen molar-refractivity contribution in [3.63, 3.8) is 0 Å². The predicted molar refractivity (Wildman–Crippen MR) is 111 cm³/mol. The predicted octanol–water partition coefficient (Wildman–Crippen LogP) is 2.30. The Labute approximate surface area is 167 Å². The van der Waals surface area contributed by atoms with Gasteiger partial charge >= 0.3 is 0 Å². The summed E-state index contributed by atoms with van der Waals surface area (Å²) in [5.41, 5.74) is 3.61. The molecule has 3 aromatic heterocycles. The largest absolute Gasteiger partial charge is 0.475 e. The third kappa shape index (κ3) is 3.62. The average Bonchev–Trinajstić information content (AvgIpc) is 3.30. The Kier molecular flexibility index (Phi) is 4.74. The smallest absolute Gasteiger partial charge is 0.240 e. The van der Waals surface area contributed by atoms with Crippen LogP contribution in [0.25, 0.3) is 21.9 Å². The van der Waals surface area contributed by atoms with Gasteiger partial charge in [-0.2, -0.15) is 5.10 Å². The van der Waals surface area contributed by atoms with E-state index in [0.717, 1.165) is 60.5 Å². The molecule has 9 nitrogen and oxygen atoms in total. The molecule has 150 valence electrons. The highest BCUT2D eigenvalue weighted by atomic mass is 16.5. The molecule has 1 aliphatic rings. The summed E-state index contributed by atoms with van der Waals surface area (Å²) < 4.78 is 13.2. The molecule has 2 N–H and O–H groups in total. The highest BCUT2D eigenvalue weighted by Crippen LogP contribution is 2.29. The minimum absolute atomic E-state index is 0.608. The maximum atomic E-state index is 5.98. The summed E-state index contributed by atoms with van der Waals surface area (Å²) in [6.07, 6.45) is 1.76. The quantitative estimate of drug-likeness (QED) is 0.519. The van der Waals surface area contributed by atoms with Crippen LogP contribution in [0.2, 0.25) is 0 Å². The first-order valence-electron chi connectivity index (χ1n) is 9.74. The molecule has 1 aromatic carbocycles. The normalized spacial score (nSPS) is 15.2. The first kappa shape index (κ1) is 17.9. The minimum Gasteiger partial charge on any atom is -0.475 e. The van der Waals surface area contributed by atoms with E-state index in [1.807, 2.05) is 42.1 Å². The van der Waals surface area contributed by atoms with E-state index in [0.29, 0.717) is 18.3 Å². The fraction of sp³-hybridized carbons (Fsp3) is 0.350. The van der Waals surface area contributed by atoms with Crippen LogP contribution in [0.4, 0.5) is 11.5 Å². The van der Waals surface area contributed by atoms with Crippen molar-refractivity contribution in [1.29, 1.82) is 0 Å². The maximum Gasteiger partial charge on any atom is 0.240 e. The second kappa shape index (κ2) is 7.69. The Hall–Kier alpha value is -3.17. The zero-order chi connectivity index (χ0) is 19.6. The average molecular weight is 393 g/mol. The number of pyridine rings is 1. The van der Waals surface area contributed by atoms with Gasteiger partial charge in [-0.05, 0) is 30.3 Å². The third-order valence-electron chi connectivity index (χ3n) is 5.15. The van der Waals surface area contributed by atoms with Crippen LogP contribution in [0.3, 0.4) is 0 Å². The number of aromatic nitrogens is 5. The van der Waals surface area contributed by atoms with Crippen LogP contribution in [-0.4, -0.2) is 69.3 Å². The molecule has 9 heteroatoms. The Morgan fingerprint density at radius 3 is 3.03 bits per heavy atom. The summed E-state index contributed by atoms with van der Waals surface area (Å²) in [4.78, 5) is 6.73. The number of benzene rings is 1. The summed E-state index contributed by atoms with van der Waals surface area (Å²) >= 11 is 0. The number of hydrogen-bond donors (Lipinski definition) is 2. The summed E-state index contributed by atoms with van der Waals surface area (Å²) in [6, 6.07) is 9.90. The van der Waals surface area contributed by atoms with Gasteiger partial charge in [0.05, 0.1) is 29.6 Å². The van der Waals surface area contributed by atoms with Crippen molar-refractivity contribution in [2.24, 2.45) is 7.05 Å². The Morgan fingerprint density at radius 2 is 2.14 bits per heavy atom. The van der Waals surface area contributed by atoms with Crippen LogP contribution in [0.15, 0.2) is 36.5 Å². The SMILES string of the molecule is Cn1nc(OCCN2CCOCC2)c2ccc(Nc3n[nH]c4cccnc34)cc21. The van der Waals surface area contributed by atoms with Gasteiger partial charge in [-0.1, -0.05) is 0 Å². The van der Waals surface area contributed by atoms with Gasteiger partial charge in [0.1, 0.15) is 12.1 Å². The van der Waals surface area contributed by atoms with Crippen LogP contribution in [0.5, 0.6) is 5.88 Å². The molecule has 4 heterocycles. The Morgan fingerprint density at radius 1 is 1.24 bits per heavy atom. The zero-order valence-electron chi connectivity index (χ0n) is 16.3. The van der Waals surface area contributed by atoms with Crippen molar-refractivity contribution in [2.45, 2.75) is 0 Å². The fourth-order valence-electron chi connectivity index (χ4n) is 3.58. The number of fused-ring (bicyclic) bond motifs is 2. The van der Waals surface area contributed by atoms with Crippen LogP contribution in [-0.2, 0) is 11.8 Å². The first-order chi connectivity index (χ1) is 14.3. The Balaban J connectivity index is 1.32. The van der Waals surface area contributed by atoms with Gasteiger partial charge < -0.3 is 14.8 Å². The molecule has 0 amide bonds. The lowest BCUT2D eigenvalue weighted by Crippen LogP contribution is -2.38. The number of rotatable bonds is 6. The maximum absolute atomic E-state index is 5.98. The number of morpholine rings is 1. The number of anilines is 2. The van der Waals surface area contributed by atoms with E-state index in [4.69, 9.17) is 9.47 Å². The van der Waals surface area contributed by atoms with E-state index in [1.165, 1.54) is 0 Å². The highest BCUT2D eigenvalue weighted by molar-refractivity contribution is 5.91. The molecule has 0 unspecified atom stereocenters. The van der Waals surface area contributed by atoms with Gasteiger partial charge in [-0.25, -0.2) is 0 Å². The molecule has 0 radical (unpaired) electrons. The summed E-state index contributed by atoms with van der Waals surface area (Å²) in [7, 11) is 1.92. The van der Waals surface area contributed by atoms with Gasteiger partial charge in [0, 0.05) is 38.6 Å². The molecule has 0 bridgehead atoms. The number of aromatic amines is 1. The molecule has 1 fully saturated rings. The van der Waals surface area contributed by atoms with Gasteiger partial charge in [-0.15, -0.1) is 5.10 Å². The second-order valence-electron chi connectivity index (χ2n) is 7.06. The van der Waals surface area contributed by atoms with Crippen LogP contribution in [0.1, 0.15) is 0 Å². The van der Waals surface area contributed by atoms with E-state index < -0.39 is 0 Å². The van der Waals surface area contributed by atoms with Gasteiger partial charge in [0.2, 0.25) is 5.88 Å². The van der Waals surface area contributed by atoms with Crippen molar-refractivity contribution in [3.8, 4) is 5.88 Å². The van der Waals surface area contributed by atoms with E-state index in [1.54, 1.807) is 6.20 Å². The molecule has 1 aliphatic heterocycles. The molecule has 29 heavy (non-hydrogen) atoms. The third-order valence-corrected chi connectivity index (χ3v) is 5.15. The zero-order valence-corrected chi connectivity index (χ0v) is 16.3. The van der Waals surface area contributed by atoms with E-state index in [9.17, 15) is 0 Å². The van der Waals surface area contributed by atoms with E-state index in [2.05, 4.69) is 30.5 Å². The Bertz CT molecular complexity index is 1130. The molecular formula is C20H23N7O2. The van der Waals surface area contributed by atoms with Crippen molar-refractivity contribution >= 4 is 33.4 Å². The molecule has 1 saturated heterocycles. The molecule has 0 aliphatic carbocycles. The van der Waals surface area contributed by atoms with E-state index >= 15 is 0 Å². The summed E-state index contributed by atoms with van der Waals surface area (Å²) in [6.45, 7) is 4.99.